The van der Waals surface area contributed by atoms with Gasteiger partial charge in [0.05, 0.1) is 39.6 Å². The first-order chi connectivity index (χ1) is 12.7. The standard InChI is InChI=1S/C19H36N2O5/c1-3-18(22)16-4-6-17(7-5-16)21-19(23)8-10-24-12-14-26-15-13-25-11-9-20-2/h16-17,20H,3-15H2,1-2H3,(H,21,23). The van der Waals surface area contributed by atoms with Gasteiger partial charge in [-0.3, -0.25) is 9.59 Å². The fraction of sp³-hybridized carbons (Fsp3) is 0.895. The van der Waals surface area contributed by atoms with Crippen LogP contribution in [0.25, 0.3) is 0 Å². The molecule has 0 spiro atoms. The molecule has 1 aliphatic carbocycles. The zero-order chi connectivity index (χ0) is 19.0. The van der Waals surface area contributed by atoms with Crippen LogP contribution in [0.1, 0.15) is 45.4 Å². The van der Waals surface area contributed by atoms with Gasteiger partial charge in [-0.2, -0.15) is 0 Å². The first-order valence-corrected chi connectivity index (χ1v) is 9.87. The number of likely N-dealkylation sites (N-methyl/N-ethyl adjacent to an activating group) is 1. The van der Waals surface area contributed by atoms with E-state index < -0.39 is 0 Å². The van der Waals surface area contributed by atoms with Crippen LogP contribution in [0.4, 0.5) is 0 Å². The fourth-order valence-corrected chi connectivity index (χ4v) is 3.03. The highest BCUT2D eigenvalue weighted by Crippen LogP contribution is 2.25. The number of ketones is 1. The normalized spacial score (nSPS) is 20.1. The zero-order valence-corrected chi connectivity index (χ0v) is 16.4. The quantitative estimate of drug-likeness (QED) is 0.422. The molecule has 2 N–H and O–H groups in total. The third-order valence-corrected chi connectivity index (χ3v) is 4.61. The Morgan fingerprint density at radius 3 is 2.04 bits per heavy atom. The van der Waals surface area contributed by atoms with Crippen LogP contribution in [0.3, 0.4) is 0 Å². The van der Waals surface area contributed by atoms with Gasteiger partial charge in [-0.25, -0.2) is 0 Å². The second kappa shape index (κ2) is 15.1. The molecule has 7 heteroatoms. The summed E-state index contributed by atoms with van der Waals surface area (Å²) in [5, 5.41) is 6.05. The molecule has 1 rings (SSSR count). The van der Waals surface area contributed by atoms with Crippen molar-refractivity contribution in [3.05, 3.63) is 0 Å². The van der Waals surface area contributed by atoms with Gasteiger partial charge in [-0.15, -0.1) is 0 Å². The highest BCUT2D eigenvalue weighted by molar-refractivity contribution is 5.80. The molecule has 1 fully saturated rings. The molecule has 0 radical (unpaired) electrons. The third kappa shape index (κ3) is 10.9. The molecule has 0 unspecified atom stereocenters. The van der Waals surface area contributed by atoms with E-state index in [4.69, 9.17) is 14.2 Å². The summed E-state index contributed by atoms with van der Waals surface area (Å²) in [4.78, 5) is 23.6. The monoisotopic (exact) mass is 372 g/mol. The molecule has 0 heterocycles. The Hall–Kier alpha value is -1.02. The molecule has 0 bridgehead atoms. The van der Waals surface area contributed by atoms with E-state index in [1.165, 1.54) is 0 Å². The summed E-state index contributed by atoms with van der Waals surface area (Å²) in [5.74, 6) is 0.578. The summed E-state index contributed by atoms with van der Waals surface area (Å²) in [6, 6.07) is 0.203. The van der Waals surface area contributed by atoms with Gasteiger partial charge in [-0.05, 0) is 32.7 Å². The highest BCUT2D eigenvalue weighted by atomic mass is 16.5. The number of Topliss-reactive ketones (excluding diaryl/α,β-unsaturated/α-hetero) is 1. The second-order valence-corrected chi connectivity index (χ2v) is 6.63. The van der Waals surface area contributed by atoms with Gasteiger partial charge < -0.3 is 24.8 Å². The van der Waals surface area contributed by atoms with Crippen molar-refractivity contribution in [2.75, 3.05) is 53.2 Å². The SMILES string of the molecule is CCC(=O)C1CCC(NC(=O)CCOCCOCCOCCNC)CC1. The molecule has 1 amide bonds. The zero-order valence-electron chi connectivity index (χ0n) is 16.4. The lowest BCUT2D eigenvalue weighted by Crippen LogP contribution is -2.39. The lowest BCUT2D eigenvalue weighted by Gasteiger charge is -2.28. The summed E-state index contributed by atoms with van der Waals surface area (Å²) in [5.41, 5.74) is 0. The number of carbonyl (C=O) groups excluding carboxylic acids is 2. The van der Waals surface area contributed by atoms with Crippen LogP contribution in [0.5, 0.6) is 0 Å². The Morgan fingerprint density at radius 2 is 1.46 bits per heavy atom. The Bertz CT molecular complexity index is 384. The maximum atomic E-state index is 11.9. The number of carbonyl (C=O) groups is 2. The summed E-state index contributed by atoms with van der Waals surface area (Å²) >= 11 is 0. The van der Waals surface area contributed by atoms with Crippen molar-refractivity contribution in [1.82, 2.24) is 10.6 Å². The van der Waals surface area contributed by atoms with Gasteiger partial charge in [0, 0.05) is 31.3 Å². The summed E-state index contributed by atoms with van der Waals surface area (Å²) in [6.45, 7) is 5.96. The van der Waals surface area contributed by atoms with Crippen LogP contribution >= 0.6 is 0 Å². The van der Waals surface area contributed by atoms with Crippen LogP contribution in [0, 0.1) is 5.92 Å². The molecule has 0 atom stereocenters. The van der Waals surface area contributed by atoms with Crippen molar-refractivity contribution in [1.29, 1.82) is 0 Å². The molecule has 0 aromatic rings. The van der Waals surface area contributed by atoms with Crippen molar-refractivity contribution in [2.24, 2.45) is 5.92 Å². The van der Waals surface area contributed by atoms with Gasteiger partial charge in [0.1, 0.15) is 5.78 Å². The predicted octanol–water partition coefficient (Wildman–Crippen LogP) is 1.30. The van der Waals surface area contributed by atoms with Gasteiger partial charge in [0.25, 0.3) is 0 Å². The number of nitrogens with one attached hydrogen (secondary N) is 2. The minimum atomic E-state index is 0.0223. The number of ether oxygens (including phenoxy) is 3. The van der Waals surface area contributed by atoms with Crippen molar-refractivity contribution < 1.29 is 23.8 Å². The van der Waals surface area contributed by atoms with Crippen LogP contribution in [-0.2, 0) is 23.8 Å². The highest BCUT2D eigenvalue weighted by Gasteiger charge is 2.25. The smallest absolute Gasteiger partial charge is 0.222 e. The molecule has 0 aromatic carbocycles. The third-order valence-electron chi connectivity index (χ3n) is 4.61. The number of hydrogen-bond donors (Lipinski definition) is 2. The van der Waals surface area contributed by atoms with Crippen LogP contribution in [-0.4, -0.2) is 71.0 Å². The number of rotatable bonds is 15. The first-order valence-electron chi connectivity index (χ1n) is 9.87. The molecular formula is C19H36N2O5. The van der Waals surface area contributed by atoms with Crippen molar-refractivity contribution in [3.8, 4) is 0 Å². The van der Waals surface area contributed by atoms with Crippen LogP contribution < -0.4 is 10.6 Å². The minimum Gasteiger partial charge on any atom is -0.379 e. The molecule has 152 valence electrons. The molecule has 1 aliphatic rings. The summed E-state index contributed by atoms with van der Waals surface area (Å²) < 4.78 is 16.1. The Kier molecular flexibility index (Phi) is 13.4. The molecule has 7 nitrogen and oxygen atoms in total. The molecule has 26 heavy (non-hydrogen) atoms. The Balaban J connectivity index is 1.91. The molecular weight excluding hydrogens is 336 g/mol. The average molecular weight is 373 g/mol. The summed E-state index contributed by atoms with van der Waals surface area (Å²) in [6.07, 6.45) is 4.56. The van der Waals surface area contributed by atoms with Crippen LogP contribution in [0.15, 0.2) is 0 Å². The van der Waals surface area contributed by atoms with E-state index in [-0.39, 0.29) is 17.9 Å². The van der Waals surface area contributed by atoms with E-state index in [1.807, 2.05) is 14.0 Å². The van der Waals surface area contributed by atoms with E-state index in [0.717, 1.165) is 32.2 Å². The van der Waals surface area contributed by atoms with Crippen molar-refractivity contribution in [3.63, 3.8) is 0 Å². The van der Waals surface area contributed by atoms with Gasteiger partial charge in [0.2, 0.25) is 5.91 Å². The largest absolute Gasteiger partial charge is 0.379 e. The second-order valence-electron chi connectivity index (χ2n) is 6.63. The predicted molar refractivity (Wildman–Crippen MR) is 100 cm³/mol. The lowest BCUT2D eigenvalue weighted by atomic mass is 9.83. The maximum absolute atomic E-state index is 11.9. The molecule has 0 aliphatic heterocycles. The van der Waals surface area contributed by atoms with E-state index in [0.29, 0.717) is 58.3 Å². The fourth-order valence-electron chi connectivity index (χ4n) is 3.03. The molecule has 0 aromatic heterocycles. The van der Waals surface area contributed by atoms with Gasteiger partial charge in [0.15, 0.2) is 0 Å². The van der Waals surface area contributed by atoms with Gasteiger partial charge >= 0.3 is 0 Å². The minimum absolute atomic E-state index is 0.0223. The topological polar surface area (TPSA) is 85.9 Å². The van der Waals surface area contributed by atoms with E-state index in [9.17, 15) is 9.59 Å². The molecule has 0 saturated heterocycles. The Morgan fingerprint density at radius 1 is 0.885 bits per heavy atom. The van der Waals surface area contributed by atoms with Gasteiger partial charge in [-0.1, -0.05) is 6.92 Å². The Labute approximate surface area is 157 Å². The maximum Gasteiger partial charge on any atom is 0.222 e. The van der Waals surface area contributed by atoms with Crippen LogP contribution in [0.2, 0.25) is 0 Å². The summed E-state index contributed by atoms with van der Waals surface area (Å²) in [7, 11) is 1.89. The lowest BCUT2D eigenvalue weighted by molar-refractivity contribution is -0.124. The van der Waals surface area contributed by atoms with Crippen molar-refractivity contribution >= 4 is 11.7 Å². The van der Waals surface area contributed by atoms with Crippen molar-refractivity contribution in [2.45, 2.75) is 51.5 Å². The van der Waals surface area contributed by atoms with E-state index in [1.54, 1.807) is 0 Å². The van der Waals surface area contributed by atoms with E-state index in [2.05, 4.69) is 10.6 Å². The van der Waals surface area contributed by atoms with E-state index >= 15 is 0 Å². The average Bonchev–Trinajstić information content (AvgIpc) is 2.66. The molecule has 1 saturated carbocycles. The first kappa shape index (κ1) is 23.0. The number of amides is 1. The number of hydrogen-bond acceptors (Lipinski definition) is 6.